The van der Waals surface area contributed by atoms with Crippen LogP contribution < -0.4 is 14.2 Å². The summed E-state index contributed by atoms with van der Waals surface area (Å²) < 4.78 is 17.1. The topological polar surface area (TPSA) is 44.8 Å². The highest BCUT2D eigenvalue weighted by Gasteiger charge is 2.20. The molecule has 0 heterocycles. The summed E-state index contributed by atoms with van der Waals surface area (Å²) in [6, 6.07) is 14.4. The minimum atomic E-state index is -0.386. The second-order valence-corrected chi connectivity index (χ2v) is 10.7. The van der Waals surface area contributed by atoms with Gasteiger partial charge in [0, 0.05) is 0 Å². The Hall–Kier alpha value is -2.75. The molecule has 0 bridgehead atoms. The van der Waals surface area contributed by atoms with Crippen LogP contribution in [-0.2, 0) is 0 Å². The van der Waals surface area contributed by atoms with Crippen molar-refractivity contribution in [2.75, 3.05) is 13.2 Å². The number of carbonyl (C=O) groups is 1. The number of carbonyl (C=O) groups excluding carboxylic acids is 1. The van der Waals surface area contributed by atoms with Crippen LogP contribution in [0.15, 0.2) is 61.2 Å². The molecule has 0 spiro atoms. The number of hydrogen-bond donors (Lipinski definition) is 0. The first-order valence-corrected chi connectivity index (χ1v) is 15.0. The third kappa shape index (κ3) is 11.3. The second-order valence-electron chi connectivity index (χ2n) is 10.7. The van der Waals surface area contributed by atoms with E-state index in [1.165, 1.54) is 70.6 Å². The van der Waals surface area contributed by atoms with Gasteiger partial charge in [-0.3, -0.25) is 0 Å². The van der Waals surface area contributed by atoms with Crippen molar-refractivity contribution in [2.24, 2.45) is 11.8 Å². The SMILES string of the molecule is C=CCCCOc1ccc(C(=O)Oc2ccc(OCCC[C@H]3CC[C@H](CCCCCCC)CC3)cc2)cc1. The predicted octanol–water partition coefficient (Wildman–Crippen LogP) is 9.58. The second kappa shape index (κ2) is 17.7. The van der Waals surface area contributed by atoms with Crippen LogP contribution in [0.2, 0.25) is 0 Å². The highest BCUT2D eigenvalue weighted by atomic mass is 16.5. The Morgan fingerprint density at radius 1 is 0.737 bits per heavy atom. The number of esters is 1. The molecular formula is C34H48O4. The number of rotatable bonds is 18. The van der Waals surface area contributed by atoms with Gasteiger partial charge >= 0.3 is 5.97 Å². The van der Waals surface area contributed by atoms with Gasteiger partial charge in [-0.05, 0) is 86.1 Å². The van der Waals surface area contributed by atoms with Gasteiger partial charge in [-0.25, -0.2) is 4.79 Å². The van der Waals surface area contributed by atoms with E-state index in [0.29, 0.717) is 17.9 Å². The average Bonchev–Trinajstić information content (AvgIpc) is 2.95. The first-order chi connectivity index (χ1) is 18.7. The maximum absolute atomic E-state index is 12.5. The lowest BCUT2D eigenvalue weighted by Gasteiger charge is -2.28. The molecule has 0 radical (unpaired) electrons. The fraction of sp³-hybridized carbons (Fsp3) is 0.559. The summed E-state index contributed by atoms with van der Waals surface area (Å²) in [4.78, 5) is 12.5. The van der Waals surface area contributed by atoms with Crippen molar-refractivity contribution in [3.8, 4) is 17.2 Å². The van der Waals surface area contributed by atoms with Crippen LogP contribution in [0.4, 0.5) is 0 Å². The molecule has 0 aliphatic heterocycles. The summed E-state index contributed by atoms with van der Waals surface area (Å²) >= 11 is 0. The van der Waals surface area contributed by atoms with Crippen LogP contribution in [0.1, 0.15) is 107 Å². The van der Waals surface area contributed by atoms with Crippen molar-refractivity contribution < 1.29 is 19.0 Å². The molecule has 3 rings (SSSR count). The number of ether oxygens (including phenoxy) is 3. The molecule has 208 valence electrons. The molecule has 2 aromatic rings. The molecule has 1 aliphatic carbocycles. The lowest BCUT2D eigenvalue weighted by atomic mass is 9.78. The van der Waals surface area contributed by atoms with E-state index in [9.17, 15) is 4.79 Å². The first-order valence-electron chi connectivity index (χ1n) is 15.0. The summed E-state index contributed by atoms with van der Waals surface area (Å²) in [5.41, 5.74) is 0.491. The van der Waals surface area contributed by atoms with Crippen LogP contribution >= 0.6 is 0 Å². The van der Waals surface area contributed by atoms with Crippen molar-refractivity contribution in [3.63, 3.8) is 0 Å². The molecule has 0 saturated heterocycles. The molecule has 0 atom stereocenters. The van der Waals surface area contributed by atoms with Crippen molar-refractivity contribution in [2.45, 2.75) is 96.8 Å². The molecule has 1 aliphatic rings. The van der Waals surface area contributed by atoms with E-state index < -0.39 is 0 Å². The molecule has 0 unspecified atom stereocenters. The van der Waals surface area contributed by atoms with Crippen LogP contribution in [-0.4, -0.2) is 19.2 Å². The highest BCUT2D eigenvalue weighted by molar-refractivity contribution is 5.91. The van der Waals surface area contributed by atoms with Gasteiger partial charge in [0.15, 0.2) is 0 Å². The van der Waals surface area contributed by atoms with E-state index >= 15 is 0 Å². The maximum atomic E-state index is 12.5. The molecule has 4 heteroatoms. The molecule has 1 fully saturated rings. The van der Waals surface area contributed by atoms with E-state index in [2.05, 4.69) is 13.5 Å². The number of hydrogen-bond acceptors (Lipinski definition) is 4. The molecular weight excluding hydrogens is 472 g/mol. The number of benzene rings is 2. The van der Waals surface area contributed by atoms with Crippen LogP contribution in [0.3, 0.4) is 0 Å². The Bertz CT molecular complexity index is 911. The summed E-state index contributed by atoms with van der Waals surface area (Å²) in [7, 11) is 0. The van der Waals surface area contributed by atoms with E-state index in [4.69, 9.17) is 14.2 Å². The predicted molar refractivity (Wildman–Crippen MR) is 156 cm³/mol. The van der Waals surface area contributed by atoms with E-state index in [-0.39, 0.29) is 5.97 Å². The summed E-state index contributed by atoms with van der Waals surface area (Å²) in [6.07, 6.45) is 20.2. The van der Waals surface area contributed by atoms with Gasteiger partial charge < -0.3 is 14.2 Å². The number of allylic oxidation sites excluding steroid dienone is 1. The van der Waals surface area contributed by atoms with Crippen molar-refractivity contribution >= 4 is 5.97 Å². The molecule has 2 aromatic carbocycles. The Balaban J connectivity index is 1.27. The van der Waals surface area contributed by atoms with Gasteiger partial charge in [0.2, 0.25) is 0 Å². The summed E-state index contributed by atoms with van der Waals surface area (Å²) in [5.74, 6) is 3.52. The Morgan fingerprint density at radius 3 is 1.87 bits per heavy atom. The molecule has 1 saturated carbocycles. The highest BCUT2D eigenvalue weighted by Crippen LogP contribution is 2.34. The fourth-order valence-corrected chi connectivity index (χ4v) is 5.28. The quantitative estimate of drug-likeness (QED) is 0.0849. The van der Waals surface area contributed by atoms with Crippen LogP contribution in [0, 0.1) is 11.8 Å². The van der Waals surface area contributed by atoms with Crippen molar-refractivity contribution in [1.82, 2.24) is 0 Å². The van der Waals surface area contributed by atoms with Gasteiger partial charge in [0.1, 0.15) is 17.2 Å². The monoisotopic (exact) mass is 520 g/mol. The third-order valence-electron chi connectivity index (χ3n) is 7.65. The van der Waals surface area contributed by atoms with Gasteiger partial charge in [0.05, 0.1) is 18.8 Å². The zero-order valence-corrected chi connectivity index (χ0v) is 23.5. The third-order valence-corrected chi connectivity index (χ3v) is 7.65. The molecule has 0 amide bonds. The molecule has 4 nitrogen and oxygen atoms in total. The van der Waals surface area contributed by atoms with Crippen molar-refractivity contribution in [1.29, 1.82) is 0 Å². The zero-order chi connectivity index (χ0) is 26.8. The maximum Gasteiger partial charge on any atom is 0.343 e. The lowest BCUT2D eigenvalue weighted by molar-refractivity contribution is 0.0734. The smallest absolute Gasteiger partial charge is 0.343 e. The van der Waals surface area contributed by atoms with Gasteiger partial charge in [-0.2, -0.15) is 0 Å². The van der Waals surface area contributed by atoms with Crippen LogP contribution in [0.25, 0.3) is 0 Å². The summed E-state index contributed by atoms with van der Waals surface area (Å²) in [5, 5.41) is 0. The van der Waals surface area contributed by atoms with Gasteiger partial charge in [-0.15, -0.1) is 6.58 Å². The lowest BCUT2D eigenvalue weighted by Crippen LogP contribution is -2.15. The van der Waals surface area contributed by atoms with Crippen LogP contribution in [0.5, 0.6) is 17.2 Å². The van der Waals surface area contributed by atoms with Gasteiger partial charge in [-0.1, -0.05) is 77.2 Å². The molecule has 0 aromatic heterocycles. The fourth-order valence-electron chi connectivity index (χ4n) is 5.28. The Morgan fingerprint density at radius 2 is 1.26 bits per heavy atom. The minimum absolute atomic E-state index is 0.386. The van der Waals surface area contributed by atoms with Gasteiger partial charge in [0.25, 0.3) is 0 Å². The standard InChI is InChI=1S/C34H48O4/c1-3-5-7-8-9-12-28-14-16-29(17-15-28)13-11-27-37-32-22-24-33(25-23-32)38-34(35)30-18-20-31(21-19-30)36-26-10-6-4-2/h4,18-25,28-29H,2-3,5-17,26-27H2,1H3/t28-,29-. The van der Waals surface area contributed by atoms with E-state index in [1.807, 2.05) is 18.2 Å². The van der Waals surface area contributed by atoms with E-state index in [0.717, 1.165) is 49.2 Å². The van der Waals surface area contributed by atoms with E-state index in [1.54, 1.807) is 36.4 Å². The largest absolute Gasteiger partial charge is 0.494 e. The number of unbranched alkanes of at least 4 members (excludes halogenated alkanes) is 5. The Labute approximate surface area is 230 Å². The average molecular weight is 521 g/mol. The molecule has 38 heavy (non-hydrogen) atoms. The first kappa shape index (κ1) is 29.8. The molecule has 0 N–H and O–H groups in total. The Kier molecular flexibility index (Phi) is 13.9. The summed E-state index contributed by atoms with van der Waals surface area (Å²) in [6.45, 7) is 7.36. The van der Waals surface area contributed by atoms with Crippen molar-refractivity contribution in [3.05, 3.63) is 66.7 Å². The minimum Gasteiger partial charge on any atom is -0.494 e. The zero-order valence-electron chi connectivity index (χ0n) is 23.5. The normalized spacial score (nSPS) is 17.1.